The lowest BCUT2D eigenvalue weighted by Crippen LogP contribution is -2.27. The SMILES string of the molecule is O=C1C(=Cc2ccc3c(c2)OCO3)SC(=S)N1c1ccc(F)cc1. The van der Waals surface area contributed by atoms with Crippen LogP contribution in [0, 0.1) is 5.82 Å². The predicted molar refractivity (Wildman–Crippen MR) is 94.6 cm³/mol. The number of thioether (sulfide) groups is 1. The highest BCUT2D eigenvalue weighted by molar-refractivity contribution is 8.27. The second-order valence-electron chi connectivity index (χ2n) is 5.11. The Labute approximate surface area is 146 Å². The van der Waals surface area contributed by atoms with Gasteiger partial charge in [-0.05, 0) is 48.0 Å². The second-order valence-corrected chi connectivity index (χ2v) is 6.78. The molecule has 1 saturated heterocycles. The first-order valence-electron chi connectivity index (χ1n) is 7.05. The molecule has 2 aromatic carbocycles. The second kappa shape index (κ2) is 5.92. The third kappa shape index (κ3) is 2.65. The zero-order chi connectivity index (χ0) is 16.7. The molecule has 0 aromatic heterocycles. The van der Waals surface area contributed by atoms with Gasteiger partial charge in [-0.1, -0.05) is 30.0 Å². The summed E-state index contributed by atoms with van der Waals surface area (Å²) in [7, 11) is 0. The molecule has 1 fully saturated rings. The number of anilines is 1. The summed E-state index contributed by atoms with van der Waals surface area (Å²) >= 11 is 6.51. The molecule has 2 heterocycles. The fourth-order valence-electron chi connectivity index (χ4n) is 2.43. The number of carbonyl (C=O) groups excluding carboxylic acids is 1. The molecule has 120 valence electrons. The molecule has 1 amide bonds. The number of hydrogen-bond acceptors (Lipinski definition) is 5. The molecule has 0 spiro atoms. The maximum Gasteiger partial charge on any atom is 0.270 e. The highest BCUT2D eigenvalue weighted by Crippen LogP contribution is 2.38. The number of nitrogens with zero attached hydrogens (tertiary/aromatic N) is 1. The van der Waals surface area contributed by atoms with Crippen LogP contribution in [0.5, 0.6) is 11.5 Å². The van der Waals surface area contributed by atoms with E-state index < -0.39 is 0 Å². The summed E-state index contributed by atoms with van der Waals surface area (Å²) in [5, 5.41) is 0. The van der Waals surface area contributed by atoms with Gasteiger partial charge in [-0.3, -0.25) is 9.69 Å². The summed E-state index contributed by atoms with van der Waals surface area (Å²) in [6.07, 6.45) is 1.75. The molecule has 0 bridgehead atoms. The molecule has 0 aliphatic carbocycles. The van der Waals surface area contributed by atoms with E-state index in [1.54, 1.807) is 12.1 Å². The van der Waals surface area contributed by atoms with Gasteiger partial charge < -0.3 is 9.47 Å². The van der Waals surface area contributed by atoms with Crippen molar-refractivity contribution in [2.75, 3.05) is 11.7 Å². The molecule has 24 heavy (non-hydrogen) atoms. The normalized spacial score (nSPS) is 17.9. The quantitative estimate of drug-likeness (QED) is 0.599. The number of hydrogen-bond donors (Lipinski definition) is 0. The van der Waals surface area contributed by atoms with Gasteiger partial charge in [0.05, 0.1) is 10.6 Å². The first-order chi connectivity index (χ1) is 11.6. The number of carbonyl (C=O) groups is 1. The van der Waals surface area contributed by atoms with E-state index in [4.69, 9.17) is 21.7 Å². The Morgan fingerprint density at radius 3 is 2.67 bits per heavy atom. The zero-order valence-electron chi connectivity index (χ0n) is 12.2. The third-order valence-electron chi connectivity index (χ3n) is 3.57. The first kappa shape index (κ1) is 15.2. The van der Waals surface area contributed by atoms with Crippen molar-refractivity contribution in [2.45, 2.75) is 0 Å². The predicted octanol–water partition coefficient (Wildman–Crippen LogP) is 3.96. The van der Waals surface area contributed by atoms with Crippen molar-refractivity contribution in [3.63, 3.8) is 0 Å². The summed E-state index contributed by atoms with van der Waals surface area (Å²) in [5.41, 5.74) is 1.37. The van der Waals surface area contributed by atoms with Crippen LogP contribution in [0.3, 0.4) is 0 Å². The van der Waals surface area contributed by atoms with Crippen LogP contribution in [0.15, 0.2) is 47.4 Å². The lowest BCUT2D eigenvalue weighted by Gasteiger charge is -2.14. The van der Waals surface area contributed by atoms with E-state index in [0.717, 1.165) is 5.56 Å². The Balaban J connectivity index is 1.64. The monoisotopic (exact) mass is 359 g/mol. The fourth-order valence-corrected chi connectivity index (χ4v) is 3.73. The van der Waals surface area contributed by atoms with E-state index in [0.29, 0.717) is 26.4 Å². The van der Waals surface area contributed by atoms with Crippen LogP contribution in [0.2, 0.25) is 0 Å². The van der Waals surface area contributed by atoms with Gasteiger partial charge in [0, 0.05) is 0 Å². The van der Waals surface area contributed by atoms with Gasteiger partial charge in [0.15, 0.2) is 15.8 Å². The lowest BCUT2D eigenvalue weighted by atomic mass is 10.2. The van der Waals surface area contributed by atoms with Gasteiger partial charge in [0.2, 0.25) is 6.79 Å². The van der Waals surface area contributed by atoms with Gasteiger partial charge in [-0.2, -0.15) is 0 Å². The van der Waals surface area contributed by atoms with E-state index in [1.807, 2.05) is 12.1 Å². The molecular weight excluding hydrogens is 349 g/mol. The Morgan fingerprint density at radius 1 is 1.12 bits per heavy atom. The average molecular weight is 359 g/mol. The van der Waals surface area contributed by atoms with Gasteiger partial charge in [-0.25, -0.2) is 4.39 Å². The smallest absolute Gasteiger partial charge is 0.270 e. The summed E-state index contributed by atoms with van der Waals surface area (Å²) in [6, 6.07) is 11.1. The summed E-state index contributed by atoms with van der Waals surface area (Å²) < 4.78 is 24.1. The minimum Gasteiger partial charge on any atom is -0.454 e. The highest BCUT2D eigenvalue weighted by atomic mass is 32.2. The molecule has 2 aromatic rings. The Kier molecular flexibility index (Phi) is 3.74. The van der Waals surface area contributed by atoms with Crippen molar-refractivity contribution >= 4 is 46.0 Å². The molecule has 4 rings (SSSR count). The number of halogens is 1. The van der Waals surface area contributed by atoms with Crippen LogP contribution in [-0.4, -0.2) is 17.0 Å². The number of benzene rings is 2. The Bertz CT molecular complexity index is 880. The summed E-state index contributed by atoms with van der Waals surface area (Å²) in [5.74, 6) is 0.748. The van der Waals surface area contributed by atoms with E-state index >= 15 is 0 Å². The van der Waals surface area contributed by atoms with Gasteiger partial charge in [-0.15, -0.1) is 0 Å². The van der Waals surface area contributed by atoms with Gasteiger partial charge >= 0.3 is 0 Å². The first-order valence-corrected chi connectivity index (χ1v) is 8.27. The van der Waals surface area contributed by atoms with Crippen molar-refractivity contribution in [1.29, 1.82) is 0 Å². The zero-order valence-corrected chi connectivity index (χ0v) is 13.8. The van der Waals surface area contributed by atoms with E-state index in [9.17, 15) is 9.18 Å². The molecule has 0 radical (unpaired) electrons. The van der Waals surface area contributed by atoms with Crippen LogP contribution < -0.4 is 14.4 Å². The topological polar surface area (TPSA) is 38.8 Å². The molecule has 4 nitrogen and oxygen atoms in total. The maximum absolute atomic E-state index is 13.1. The van der Waals surface area contributed by atoms with Gasteiger partial charge in [0.25, 0.3) is 5.91 Å². The fraction of sp³-hybridized carbons (Fsp3) is 0.0588. The van der Waals surface area contributed by atoms with Gasteiger partial charge in [0.1, 0.15) is 5.82 Å². The molecule has 2 aliphatic rings. The summed E-state index contributed by atoms with van der Waals surface area (Å²) in [4.78, 5) is 14.5. The Hall–Kier alpha value is -2.38. The number of ether oxygens (including phenoxy) is 2. The average Bonchev–Trinajstić information content (AvgIpc) is 3.13. The van der Waals surface area contributed by atoms with Crippen molar-refractivity contribution in [2.24, 2.45) is 0 Å². The van der Waals surface area contributed by atoms with Crippen LogP contribution in [-0.2, 0) is 4.79 Å². The molecule has 0 saturated carbocycles. The molecule has 0 N–H and O–H groups in total. The van der Waals surface area contributed by atoms with E-state index in [2.05, 4.69) is 0 Å². The van der Waals surface area contributed by atoms with Crippen LogP contribution >= 0.6 is 24.0 Å². The van der Waals surface area contributed by atoms with Crippen LogP contribution in [0.4, 0.5) is 10.1 Å². The molecule has 0 unspecified atom stereocenters. The molecular formula is C17H10FNO3S2. The van der Waals surface area contributed by atoms with Crippen molar-refractivity contribution in [3.05, 3.63) is 58.8 Å². The number of rotatable bonds is 2. The number of thiocarbonyl (C=S) groups is 1. The van der Waals surface area contributed by atoms with Crippen molar-refractivity contribution < 1.29 is 18.7 Å². The minimum absolute atomic E-state index is 0.200. The van der Waals surface area contributed by atoms with Crippen LogP contribution in [0.1, 0.15) is 5.56 Å². The lowest BCUT2D eigenvalue weighted by molar-refractivity contribution is -0.113. The van der Waals surface area contributed by atoms with E-state index in [1.165, 1.54) is 40.9 Å². The maximum atomic E-state index is 13.1. The summed E-state index contributed by atoms with van der Waals surface area (Å²) in [6.45, 7) is 0.200. The standard InChI is InChI=1S/C17H10FNO3S2/c18-11-2-4-12(5-3-11)19-16(20)15(24-17(19)23)8-10-1-6-13-14(7-10)22-9-21-13/h1-8H,9H2. The highest BCUT2D eigenvalue weighted by Gasteiger charge is 2.33. The largest absolute Gasteiger partial charge is 0.454 e. The Morgan fingerprint density at radius 2 is 1.88 bits per heavy atom. The molecule has 2 aliphatic heterocycles. The van der Waals surface area contributed by atoms with E-state index in [-0.39, 0.29) is 18.5 Å². The van der Waals surface area contributed by atoms with Crippen LogP contribution in [0.25, 0.3) is 6.08 Å². The molecule has 0 atom stereocenters. The number of fused-ring (bicyclic) bond motifs is 1. The third-order valence-corrected chi connectivity index (χ3v) is 4.88. The van der Waals surface area contributed by atoms with Crippen molar-refractivity contribution in [3.8, 4) is 11.5 Å². The molecule has 7 heteroatoms. The van der Waals surface area contributed by atoms with Crippen molar-refractivity contribution in [1.82, 2.24) is 0 Å². The number of amides is 1. The minimum atomic E-state index is -0.361.